The summed E-state index contributed by atoms with van der Waals surface area (Å²) in [6, 6.07) is 0. The zero-order valence-electron chi connectivity index (χ0n) is 5.62. The lowest BCUT2D eigenvalue weighted by molar-refractivity contribution is 0.568. The zero-order chi connectivity index (χ0) is 7.71. The van der Waals surface area contributed by atoms with Gasteiger partial charge < -0.3 is 0 Å². The molecule has 0 aliphatic heterocycles. The second-order valence-electron chi connectivity index (χ2n) is 2.67. The van der Waals surface area contributed by atoms with Gasteiger partial charge in [0.15, 0.2) is 0 Å². The maximum absolute atomic E-state index is 10.6. The molecule has 52 valence electrons. The number of sulfonamides is 1. The Morgan fingerprint density at radius 1 is 1.33 bits per heavy atom. The predicted molar refractivity (Wildman–Crippen MR) is 33.8 cm³/mol. The van der Waals surface area contributed by atoms with Crippen molar-refractivity contribution < 1.29 is 8.42 Å². The molecule has 0 heterocycles. The van der Waals surface area contributed by atoms with Gasteiger partial charge in [-0.3, -0.25) is 0 Å². The summed E-state index contributed by atoms with van der Waals surface area (Å²) in [5, 5.41) is 7.97. The van der Waals surface area contributed by atoms with Gasteiger partial charge in [0.2, 0.25) is 5.39 Å². The van der Waals surface area contributed by atoms with Gasteiger partial charge in [0.05, 0.1) is 0 Å². The number of hydrogen-bond donors (Lipinski definition) is 0. The lowest BCUT2D eigenvalue weighted by Crippen LogP contribution is -2.24. The van der Waals surface area contributed by atoms with Gasteiger partial charge in [-0.15, -0.1) is 8.42 Å². The van der Waals surface area contributed by atoms with Crippen molar-refractivity contribution in [1.82, 2.24) is 0 Å². The maximum atomic E-state index is 10.6. The molecule has 0 saturated carbocycles. The lowest BCUT2D eigenvalue weighted by atomic mass is 10.3. The molecule has 5 heteroatoms. The molecule has 0 amide bonds. The number of rotatable bonds is 0. The highest BCUT2D eigenvalue weighted by Gasteiger charge is 2.40. The van der Waals surface area contributed by atoms with Crippen LogP contribution in [0, 0.1) is 5.39 Å². The number of nitrogens with zero attached hydrogens (tertiary/aromatic N) is 2. The minimum absolute atomic E-state index is 0.998. The van der Waals surface area contributed by atoms with E-state index >= 15 is 0 Å². The first-order chi connectivity index (χ1) is 3.81. The SMILES string of the molecule is CC(C)(C)S(=O)(=O)[N+]#N. The van der Waals surface area contributed by atoms with Crippen LogP contribution in [0.25, 0.3) is 4.38 Å². The molecule has 0 aromatic rings. The van der Waals surface area contributed by atoms with E-state index < -0.39 is 14.8 Å². The highest BCUT2D eigenvalue weighted by molar-refractivity contribution is 7.94. The molecule has 0 unspecified atom stereocenters. The van der Waals surface area contributed by atoms with Gasteiger partial charge in [0, 0.05) is 0 Å². The van der Waals surface area contributed by atoms with Gasteiger partial charge in [-0.05, 0) is 20.8 Å². The average Bonchev–Trinajstić information content (AvgIpc) is 1.64. The van der Waals surface area contributed by atoms with Crippen LogP contribution in [0.3, 0.4) is 0 Å². The highest BCUT2D eigenvalue weighted by atomic mass is 32.2. The van der Waals surface area contributed by atoms with Crippen molar-refractivity contribution in [2.75, 3.05) is 0 Å². The summed E-state index contributed by atoms with van der Waals surface area (Å²) in [5.74, 6) is 0. The Bertz CT molecular complexity index is 228. The van der Waals surface area contributed by atoms with Crippen molar-refractivity contribution >= 4 is 10.0 Å². The van der Waals surface area contributed by atoms with Crippen LogP contribution in [0.15, 0.2) is 0 Å². The van der Waals surface area contributed by atoms with Crippen molar-refractivity contribution in [3.8, 4) is 0 Å². The van der Waals surface area contributed by atoms with Crippen molar-refractivity contribution in [2.45, 2.75) is 25.5 Å². The first-order valence-corrected chi connectivity index (χ1v) is 3.86. The molecule has 0 aliphatic rings. The Morgan fingerprint density at radius 3 is 1.67 bits per heavy atom. The molecule has 4 nitrogen and oxygen atoms in total. The van der Waals surface area contributed by atoms with Crippen LogP contribution < -0.4 is 0 Å². The third-order valence-corrected chi connectivity index (χ3v) is 2.64. The third kappa shape index (κ3) is 1.64. The molecule has 0 saturated heterocycles. The van der Waals surface area contributed by atoms with Crippen LogP contribution in [0.5, 0.6) is 0 Å². The number of diazo groups is 1. The standard InChI is InChI=1S/C4H9N2O2S/c1-4(2,3)9(7,8)6-5/h1-3H3/q+1. The summed E-state index contributed by atoms with van der Waals surface area (Å²) in [5.41, 5.74) is 0. The van der Waals surface area contributed by atoms with Crippen LogP contribution >= 0.6 is 0 Å². The summed E-state index contributed by atoms with van der Waals surface area (Å²) in [6.07, 6.45) is 0. The second kappa shape index (κ2) is 1.95. The summed E-state index contributed by atoms with van der Waals surface area (Å²) in [6.45, 7) is 4.38. The monoisotopic (exact) mass is 149 g/mol. The molecule has 0 atom stereocenters. The summed E-state index contributed by atoms with van der Waals surface area (Å²) in [4.78, 5) is 0. The fraction of sp³-hybridized carbons (Fsp3) is 1.00. The highest BCUT2D eigenvalue weighted by Crippen LogP contribution is 2.15. The minimum atomic E-state index is -3.66. The molecule has 0 aromatic heterocycles. The van der Waals surface area contributed by atoms with Gasteiger partial charge in [-0.1, -0.05) is 0 Å². The normalized spacial score (nSPS) is 12.7. The summed E-state index contributed by atoms with van der Waals surface area (Å²) < 4.78 is 22.5. The molecule has 0 aliphatic carbocycles. The quantitative estimate of drug-likeness (QED) is 0.482. The fourth-order valence-electron chi connectivity index (χ4n) is 0.122. The Balaban J connectivity index is 4.86. The Kier molecular flexibility index (Phi) is 1.82. The molecular formula is C4H9N2O2S+. The Hall–Kier alpha value is -0.630. The number of hydrogen-bond acceptors (Lipinski definition) is 3. The summed E-state index contributed by atoms with van der Waals surface area (Å²) in [7, 11) is -3.66. The molecule has 0 N–H and O–H groups in total. The topological polar surface area (TPSA) is 62.3 Å². The van der Waals surface area contributed by atoms with E-state index in [1.807, 2.05) is 0 Å². The first kappa shape index (κ1) is 8.37. The molecule has 0 radical (unpaired) electrons. The molecule has 0 rings (SSSR count). The van der Waals surface area contributed by atoms with Crippen molar-refractivity contribution in [2.24, 2.45) is 0 Å². The second-order valence-corrected chi connectivity index (χ2v) is 5.01. The van der Waals surface area contributed by atoms with Crippen molar-refractivity contribution in [1.29, 1.82) is 5.39 Å². The van der Waals surface area contributed by atoms with E-state index in [1.165, 1.54) is 20.8 Å². The zero-order valence-corrected chi connectivity index (χ0v) is 6.44. The first-order valence-electron chi connectivity index (χ1n) is 2.42. The van der Waals surface area contributed by atoms with E-state index in [4.69, 9.17) is 5.39 Å². The molecule has 9 heavy (non-hydrogen) atoms. The Labute approximate surface area is 54.6 Å². The summed E-state index contributed by atoms with van der Waals surface area (Å²) >= 11 is 0. The molecular weight excluding hydrogens is 140 g/mol. The van der Waals surface area contributed by atoms with Crippen LogP contribution in [0.2, 0.25) is 0 Å². The Morgan fingerprint density at radius 2 is 1.67 bits per heavy atom. The van der Waals surface area contributed by atoms with Gasteiger partial charge in [0.1, 0.15) is 4.75 Å². The van der Waals surface area contributed by atoms with E-state index in [9.17, 15) is 8.42 Å². The average molecular weight is 149 g/mol. The van der Waals surface area contributed by atoms with Crippen LogP contribution in [0.1, 0.15) is 20.8 Å². The van der Waals surface area contributed by atoms with Crippen LogP contribution in [0.4, 0.5) is 0 Å². The fourth-order valence-corrected chi connectivity index (χ4v) is 0.367. The van der Waals surface area contributed by atoms with Crippen LogP contribution in [-0.2, 0) is 10.0 Å². The predicted octanol–water partition coefficient (Wildman–Crippen LogP) is 0.968. The lowest BCUT2D eigenvalue weighted by Gasteiger charge is -2.02. The van der Waals surface area contributed by atoms with Gasteiger partial charge >= 0.3 is 10.0 Å². The third-order valence-electron chi connectivity index (χ3n) is 0.881. The smallest absolute Gasteiger partial charge is 0.144 e. The molecule has 0 bridgehead atoms. The molecule has 0 aromatic carbocycles. The van der Waals surface area contributed by atoms with Gasteiger partial charge in [0.25, 0.3) is 4.38 Å². The van der Waals surface area contributed by atoms with E-state index in [0.29, 0.717) is 0 Å². The minimum Gasteiger partial charge on any atom is -0.144 e. The van der Waals surface area contributed by atoms with Crippen molar-refractivity contribution in [3.05, 3.63) is 4.38 Å². The molecule has 0 spiro atoms. The largest absolute Gasteiger partial charge is 0.525 e. The van der Waals surface area contributed by atoms with E-state index in [2.05, 4.69) is 4.38 Å². The van der Waals surface area contributed by atoms with E-state index in [-0.39, 0.29) is 0 Å². The maximum Gasteiger partial charge on any atom is 0.525 e. The van der Waals surface area contributed by atoms with Crippen molar-refractivity contribution in [3.63, 3.8) is 0 Å². The van der Waals surface area contributed by atoms with Gasteiger partial charge in [-0.25, -0.2) is 0 Å². The van der Waals surface area contributed by atoms with E-state index in [1.54, 1.807) is 0 Å². The molecule has 0 fully saturated rings. The van der Waals surface area contributed by atoms with Gasteiger partial charge in [-0.2, -0.15) is 0 Å². The van der Waals surface area contributed by atoms with Crippen LogP contribution in [-0.4, -0.2) is 13.2 Å². The van der Waals surface area contributed by atoms with E-state index in [0.717, 1.165) is 0 Å².